The monoisotopic (exact) mass is 316 g/mol. The molecule has 0 aliphatic carbocycles. The predicted octanol–water partition coefficient (Wildman–Crippen LogP) is 3.77. The molecule has 0 atom stereocenters. The molecule has 1 aliphatic heterocycles. The van der Waals surface area contributed by atoms with Gasteiger partial charge in [0.2, 0.25) is 0 Å². The smallest absolute Gasteiger partial charge is 0.0802 e. The van der Waals surface area contributed by atoms with Gasteiger partial charge in [-0.2, -0.15) is 0 Å². The van der Waals surface area contributed by atoms with E-state index in [1.165, 1.54) is 31.4 Å². The number of quaternary nitrogens is 1. The first kappa shape index (κ1) is 14.7. The Kier molecular flexibility index (Phi) is 4.39. The lowest BCUT2D eigenvalue weighted by Gasteiger charge is -2.22. The van der Waals surface area contributed by atoms with Crippen molar-refractivity contribution < 1.29 is 4.90 Å². The second-order valence-corrected chi connectivity index (χ2v) is 7.12. The van der Waals surface area contributed by atoms with Crippen LogP contribution in [0.1, 0.15) is 17.5 Å². The molecule has 2 aromatic carbocycles. The predicted molar refractivity (Wildman–Crippen MR) is 91.4 cm³/mol. The van der Waals surface area contributed by atoms with Gasteiger partial charge in [0.15, 0.2) is 0 Å². The third kappa shape index (κ3) is 3.18. The van der Waals surface area contributed by atoms with Gasteiger partial charge in [-0.3, -0.25) is 0 Å². The van der Waals surface area contributed by atoms with Crippen molar-refractivity contribution >= 4 is 28.9 Å². The summed E-state index contributed by atoms with van der Waals surface area (Å²) in [5, 5.41) is 0.804. The van der Waals surface area contributed by atoms with Crippen LogP contribution in [-0.4, -0.2) is 20.6 Å². The third-order valence-electron chi connectivity index (χ3n) is 3.62. The maximum atomic E-state index is 6.21. The van der Waals surface area contributed by atoms with Gasteiger partial charge in [0.05, 0.1) is 20.6 Å². The van der Waals surface area contributed by atoms with Crippen molar-refractivity contribution in [3.05, 3.63) is 64.7 Å². The summed E-state index contributed by atoms with van der Waals surface area (Å²) in [6, 6.07) is 14.8. The van der Waals surface area contributed by atoms with Gasteiger partial charge in [0.25, 0.3) is 0 Å². The Morgan fingerprint density at radius 2 is 1.81 bits per heavy atom. The van der Waals surface area contributed by atoms with Crippen LogP contribution in [0, 0.1) is 0 Å². The van der Waals surface area contributed by atoms with Gasteiger partial charge in [-0.05, 0) is 41.0 Å². The molecule has 108 valence electrons. The molecular formula is C18H19ClNS+. The minimum atomic E-state index is 0.804. The number of nitrogens with one attached hydrogen (secondary N) is 1. The first-order valence-corrected chi connectivity index (χ1v) is 8.41. The van der Waals surface area contributed by atoms with Gasteiger partial charge in [-0.1, -0.05) is 47.6 Å². The fourth-order valence-electron chi connectivity index (χ4n) is 2.57. The topological polar surface area (TPSA) is 4.44 Å². The van der Waals surface area contributed by atoms with Crippen molar-refractivity contribution in [3.63, 3.8) is 0 Å². The molecule has 0 bridgehead atoms. The van der Waals surface area contributed by atoms with Crippen LogP contribution in [0.25, 0.3) is 5.57 Å². The summed E-state index contributed by atoms with van der Waals surface area (Å²) in [5.41, 5.74) is 3.91. The molecule has 1 nitrogen and oxygen atoms in total. The SMILES string of the molecule is C[NH+](C)CC/C=C1/c2ccccc2Sc2ccc(Cl)cc21. The summed E-state index contributed by atoms with van der Waals surface area (Å²) < 4.78 is 0. The first-order valence-electron chi connectivity index (χ1n) is 7.21. The molecule has 3 rings (SSSR count). The van der Waals surface area contributed by atoms with Gasteiger partial charge in [0.1, 0.15) is 0 Å². The molecule has 1 N–H and O–H groups in total. The number of fused-ring (bicyclic) bond motifs is 2. The van der Waals surface area contributed by atoms with Crippen LogP contribution in [0.15, 0.2) is 58.3 Å². The highest BCUT2D eigenvalue weighted by molar-refractivity contribution is 7.99. The largest absolute Gasteiger partial charge is 0.340 e. The van der Waals surface area contributed by atoms with Crippen molar-refractivity contribution in [3.8, 4) is 0 Å². The summed E-state index contributed by atoms with van der Waals surface area (Å²) in [7, 11) is 4.38. The van der Waals surface area contributed by atoms with Gasteiger partial charge in [-0.25, -0.2) is 0 Å². The Bertz CT molecular complexity index is 691. The summed E-state index contributed by atoms with van der Waals surface area (Å²) in [6.07, 6.45) is 3.43. The molecule has 0 aromatic heterocycles. The Hall–Kier alpha value is -1.22. The van der Waals surface area contributed by atoms with Gasteiger partial charge < -0.3 is 4.90 Å². The highest BCUT2D eigenvalue weighted by Crippen LogP contribution is 2.45. The second-order valence-electron chi connectivity index (χ2n) is 5.60. The molecule has 0 radical (unpaired) electrons. The van der Waals surface area contributed by atoms with Gasteiger partial charge in [0, 0.05) is 21.2 Å². The molecular weight excluding hydrogens is 298 g/mol. The molecule has 1 aliphatic rings. The number of rotatable bonds is 3. The number of hydrogen-bond donors (Lipinski definition) is 1. The molecule has 0 fully saturated rings. The van der Waals surface area contributed by atoms with E-state index in [2.05, 4.69) is 56.6 Å². The minimum Gasteiger partial charge on any atom is -0.340 e. The van der Waals surface area contributed by atoms with Crippen LogP contribution in [0.4, 0.5) is 0 Å². The van der Waals surface area contributed by atoms with Crippen LogP contribution in [0.5, 0.6) is 0 Å². The number of benzene rings is 2. The molecule has 0 amide bonds. The highest BCUT2D eigenvalue weighted by atomic mass is 35.5. The average molecular weight is 317 g/mol. The summed E-state index contributed by atoms with van der Waals surface area (Å²) in [6.45, 7) is 1.13. The highest BCUT2D eigenvalue weighted by Gasteiger charge is 2.20. The molecule has 0 saturated heterocycles. The van der Waals surface area contributed by atoms with E-state index in [9.17, 15) is 0 Å². The lowest BCUT2D eigenvalue weighted by atomic mass is 9.96. The van der Waals surface area contributed by atoms with Crippen molar-refractivity contribution in [2.24, 2.45) is 0 Å². The van der Waals surface area contributed by atoms with Crippen LogP contribution in [0.2, 0.25) is 5.02 Å². The maximum Gasteiger partial charge on any atom is 0.0802 e. The van der Waals surface area contributed by atoms with E-state index >= 15 is 0 Å². The second kappa shape index (κ2) is 6.27. The van der Waals surface area contributed by atoms with Crippen molar-refractivity contribution in [1.29, 1.82) is 0 Å². The van der Waals surface area contributed by atoms with Gasteiger partial charge in [-0.15, -0.1) is 0 Å². The van der Waals surface area contributed by atoms with Crippen molar-refractivity contribution in [1.82, 2.24) is 0 Å². The number of halogens is 1. The fourth-order valence-corrected chi connectivity index (χ4v) is 3.83. The minimum absolute atomic E-state index is 0.804. The van der Waals surface area contributed by atoms with Crippen LogP contribution in [-0.2, 0) is 0 Å². The van der Waals surface area contributed by atoms with E-state index in [1.807, 2.05) is 17.8 Å². The third-order valence-corrected chi connectivity index (χ3v) is 5.01. The van der Waals surface area contributed by atoms with Crippen molar-refractivity contribution in [2.75, 3.05) is 20.6 Å². The Morgan fingerprint density at radius 1 is 1.05 bits per heavy atom. The van der Waals surface area contributed by atoms with E-state index in [-0.39, 0.29) is 0 Å². The summed E-state index contributed by atoms with van der Waals surface area (Å²) >= 11 is 8.04. The van der Waals surface area contributed by atoms with Crippen molar-refractivity contribution in [2.45, 2.75) is 16.2 Å². The van der Waals surface area contributed by atoms with Crippen LogP contribution in [0.3, 0.4) is 0 Å². The normalized spacial score (nSPS) is 15.1. The Morgan fingerprint density at radius 3 is 2.62 bits per heavy atom. The molecule has 0 unspecified atom stereocenters. The van der Waals surface area contributed by atoms with E-state index in [0.29, 0.717) is 0 Å². The summed E-state index contributed by atoms with van der Waals surface area (Å²) in [5.74, 6) is 0. The quantitative estimate of drug-likeness (QED) is 0.770. The van der Waals surface area contributed by atoms with E-state index < -0.39 is 0 Å². The zero-order valence-electron chi connectivity index (χ0n) is 12.3. The first-order chi connectivity index (χ1) is 10.1. The lowest BCUT2D eigenvalue weighted by molar-refractivity contribution is -0.857. The Balaban J connectivity index is 2.06. The lowest BCUT2D eigenvalue weighted by Crippen LogP contribution is -3.05. The van der Waals surface area contributed by atoms with Crippen LogP contribution >= 0.6 is 23.4 Å². The molecule has 1 heterocycles. The average Bonchev–Trinajstić information content (AvgIpc) is 2.46. The standard InChI is InChI=1S/C18H18ClNS/c1-20(2)11-5-7-14-15-6-3-4-8-17(15)21-18-10-9-13(19)12-16(14)18/h3-4,6-10,12H,5,11H2,1-2H3/p+1/b14-7-. The molecule has 2 aromatic rings. The maximum absolute atomic E-state index is 6.21. The van der Waals surface area contributed by atoms with Gasteiger partial charge >= 0.3 is 0 Å². The zero-order valence-corrected chi connectivity index (χ0v) is 13.9. The van der Waals surface area contributed by atoms with E-state index in [1.54, 1.807) is 0 Å². The zero-order chi connectivity index (χ0) is 14.8. The van der Waals surface area contributed by atoms with Crippen LogP contribution < -0.4 is 4.90 Å². The molecule has 3 heteroatoms. The van der Waals surface area contributed by atoms with E-state index in [0.717, 1.165) is 18.0 Å². The Labute approximate surface area is 135 Å². The molecule has 0 saturated carbocycles. The fraction of sp³-hybridized carbons (Fsp3) is 0.222. The molecule has 21 heavy (non-hydrogen) atoms. The van der Waals surface area contributed by atoms with E-state index in [4.69, 9.17) is 11.6 Å². The summed E-state index contributed by atoms with van der Waals surface area (Å²) in [4.78, 5) is 4.09. The molecule has 0 spiro atoms. The number of hydrogen-bond acceptors (Lipinski definition) is 1.